The van der Waals surface area contributed by atoms with Crippen LogP contribution in [0.5, 0.6) is 0 Å². The fourth-order valence-corrected chi connectivity index (χ4v) is 1.46. The lowest BCUT2D eigenvalue weighted by Crippen LogP contribution is -1.89. The average Bonchev–Trinajstić information content (AvgIpc) is 2.22. The third-order valence-electron chi connectivity index (χ3n) is 1.65. The van der Waals surface area contributed by atoms with E-state index in [1.165, 1.54) is 0 Å². The van der Waals surface area contributed by atoms with Crippen LogP contribution in [0.4, 0.5) is 0 Å². The summed E-state index contributed by atoms with van der Waals surface area (Å²) >= 11 is 3.26. The van der Waals surface area contributed by atoms with Crippen LogP contribution in [0.3, 0.4) is 0 Å². The molecule has 0 spiro atoms. The van der Waals surface area contributed by atoms with Crippen molar-refractivity contribution in [1.29, 1.82) is 0 Å². The minimum Gasteiger partial charge on any atom is -0.298 e. The average molecular weight is 239 g/mol. The Morgan fingerprint density at radius 1 is 1.31 bits per heavy atom. The zero-order chi connectivity index (χ0) is 11.0. The second-order valence-corrected chi connectivity index (χ2v) is 3.25. The molecule has 0 bridgehead atoms. The number of aldehydes is 1. The first-order valence-electron chi connectivity index (χ1n) is 4.52. The van der Waals surface area contributed by atoms with Gasteiger partial charge in [-0.3, -0.25) is 14.8 Å². The predicted molar refractivity (Wildman–Crippen MR) is 52.6 cm³/mol. The Morgan fingerprint density at radius 3 is 2.69 bits per heavy atom. The number of halogens is 1. The molecule has 3 nitrogen and oxygen atoms in total. The summed E-state index contributed by atoms with van der Waals surface area (Å²) in [5, 5.41) is 0. The van der Waals surface area contributed by atoms with Crippen LogP contribution in [-0.2, 0) is 0 Å². The molecule has 64 valence electrons. The maximum Gasteiger partial charge on any atom is 0.152 e. The van der Waals surface area contributed by atoms with Crippen LogP contribution in [0, 0.1) is 0 Å². The van der Waals surface area contributed by atoms with E-state index in [1.807, 2.05) is 0 Å². The molecule has 1 aromatic heterocycles. The van der Waals surface area contributed by atoms with Gasteiger partial charge in [0, 0.05) is 22.4 Å². The van der Waals surface area contributed by atoms with Crippen LogP contribution in [0.1, 0.15) is 13.1 Å². The van der Waals surface area contributed by atoms with Crippen LogP contribution in [-0.4, -0.2) is 16.3 Å². The highest BCUT2D eigenvalue weighted by atomic mass is 79.9. The summed E-state index contributed by atoms with van der Waals surface area (Å²) in [6.45, 7) is 0. The molecule has 2 rings (SSSR count). The second kappa shape index (κ2) is 3.22. The lowest BCUT2D eigenvalue weighted by atomic mass is 10.2. The Bertz CT molecular complexity index is 559. The summed E-state index contributed by atoms with van der Waals surface area (Å²) in [6, 6.07) is 3.26. The van der Waals surface area contributed by atoms with Gasteiger partial charge >= 0.3 is 0 Å². The van der Waals surface area contributed by atoms with Gasteiger partial charge in [-0.05, 0) is 28.1 Å². The zero-order valence-corrected chi connectivity index (χ0v) is 8.00. The molecule has 4 heteroatoms. The van der Waals surface area contributed by atoms with Crippen molar-refractivity contribution in [3.8, 4) is 0 Å². The third kappa shape index (κ3) is 1.33. The van der Waals surface area contributed by atoms with Gasteiger partial charge in [0.2, 0.25) is 0 Å². The second-order valence-electron chi connectivity index (χ2n) is 2.40. The maximum absolute atomic E-state index is 10.7. The molecule has 0 aliphatic rings. The largest absolute Gasteiger partial charge is 0.298 e. The topological polar surface area (TPSA) is 42.9 Å². The highest BCUT2D eigenvalue weighted by molar-refractivity contribution is 9.10. The van der Waals surface area contributed by atoms with E-state index in [1.54, 1.807) is 12.1 Å². The summed E-state index contributed by atoms with van der Waals surface area (Å²) in [7, 11) is 0. The monoisotopic (exact) mass is 238 g/mol. The number of carbonyl (C=O) groups excluding carboxylic acids is 1. The summed E-state index contributed by atoms with van der Waals surface area (Å²) in [4.78, 5) is 18.5. The predicted octanol–water partition coefficient (Wildman–Crippen LogP) is 2.20. The Labute approximate surface area is 85.8 Å². The first-order chi connectivity index (χ1) is 7.13. The minimum absolute atomic E-state index is 0.203. The Kier molecular flexibility index (Phi) is 1.54. The van der Waals surface area contributed by atoms with Gasteiger partial charge < -0.3 is 0 Å². The van der Waals surface area contributed by atoms with Crippen LogP contribution >= 0.6 is 15.9 Å². The van der Waals surface area contributed by atoms with E-state index in [0.717, 1.165) is 0 Å². The van der Waals surface area contributed by atoms with E-state index in [4.69, 9.17) is 2.74 Å². The van der Waals surface area contributed by atoms with Crippen molar-refractivity contribution in [3.05, 3.63) is 34.5 Å². The van der Waals surface area contributed by atoms with Crippen molar-refractivity contribution < 1.29 is 7.54 Å². The smallest absolute Gasteiger partial charge is 0.152 e. The molecule has 1 heterocycles. The van der Waals surface area contributed by atoms with E-state index >= 15 is 0 Å². The molecule has 0 saturated carbocycles. The van der Waals surface area contributed by atoms with Gasteiger partial charge in [0.15, 0.2) is 6.29 Å². The quantitative estimate of drug-likeness (QED) is 0.716. The molecule has 0 fully saturated rings. The summed E-state index contributed by atoms with van der Waals surface area (Å²) in [5.41, 5.74) is 1.15. The molecule has 0 aliphatic heterocycles. The normalized spacial score (nSPS) is 12.4. The standard InChI is InChI=1S/C9H5BrN2O/c10-7-2-1-6(5-13)8-9(7)12-4-3-11-8/h1-5H/i3D,4D. The van der Waals surface area contributed by atoms with Crippen LogP contribution in [0.25, 0.3) is 11.0 Å². The molecule has 0 N–H and O–H groups in total. The number of rotatable bonds is 1. The number of fused-ring (bicyclic) bond motifs is 1. The highest BCUT2D eigenvalue weighted by Gasteiger charge is 2.04. The molecule has 1 aromatic carbocycles. The molecule has 2 aromatic rings. The summed E-state index contributed by atoms with van der Waals surface area (Å²) in [6.07, 6.45) is 0.224. The van der Waals surface area contributed by atoms with Crippen molar-refractivity contribution in [2.75, 3.05) is 0 Å². The number of carbonyl (C=O) groups is 1. The summed E-state index contributed by atoms with van der Waals surface area (Å²) < 4.78 is 15.4. The number of benzene rings is 1. The summed E-state index contributed by atoms with van der Waals surface area (Å²) in [5.74, 6) is 0. The molecular formula is C9H5BrN2O. The zero-order valence-electron chi connectivity index (χ0n) is 8.41. The fourth-order valence-electron chi connectivity index (χ4n) is 1.05. The Hall–Kier alpha value is -1.29. The lowest BCUT2D eigenvalue weighted by molar-refractivity contribution is 0.112. The van der Waals surface area contributed by atoms with Crippen molar-refractivity contribution in [1.82, 2.24) is 9.97 Å². The molecular weight excluding hydrogens is 232 g/mol. The molecule has 0 amide bonds. The van der Waals surface area contributed by atoms with E-state index < -0.39 is 0 Å². The number of nitrogens with zero attached hydrogens (tertiary/aromatic N) is 2. The van der Waals surface area contributed by atoms with E-state index in [9.17, 15) is 4.79 Å². The fraction of sp³-hybridized carbons (Fsp3) is 0. The molecule has 0 aliphatic carbocycles. The number of hydrogen-bond donors (Lipinski definition) is 0. The van der Waals surface area contributed by atoms with Crippen LogP contribution in [0.15, 0.2) is 29.0 Å². The minimum atomic E-state index is -0.233. The lowest BCUT2D eigenvalue weighted by Gasteiger charge is -1.99. The van der Waals surface area contributed by atoms with Gasteiger partial charge in [0.1, 0.15) is 11.0 Å². The van der Waals surface area contributed by atoms with Crippen molar-refractivity contribution in [3.63, 3.8) is 0 Å². The first-order valence-corrected chi connectivity index (χ1v) is 4.31. The Balaban J connectivity index is 2.94. The van der Waals surface area contributed by atoms with Crippen LogP contribution < -0.4 is 0 Å². The van der Waals surface area contributed by atoms with Gasteiger partial charge in [-0.25, -0.2) is 0 Å². The number of hydrogen-bond acceptors (Lipinski definition) is 3. The molecule has 0 radical (unpaired) electrons. The molecule has 0 atom stereocenters. The van der Waals surface area contributed by atoms with Gasteiger partial charge in [0.05, 0.1) is 2.74 Å². The van der Waals surface area contributed by atoms with Gasteiger partial charge in [0.25, 0.3) is 0 Å². The highest BCUT2D eigenvalue weighted by Crippen LogP contribution is 2.21. The van der Waals surface area contributed by atoms with E-state index in [0.29, 0.717) is 27.4 Å². The molecule has 0 saturated heterocycles. The first kappa shape index (κ1) is 6.21. The van der Waals surface area contributed by atoms with E-state index in [2.05, 4.69) is 25.9 Å². The van der Waals surface area contributed by atoms with Gasteiger partial charge in [-0.1, -0.05) is 0 Å². The number of aromatic nitrogens is 2. The molecule has 13 heavy (non-hydrogen) atoms. The molecule has 0 unspecified atom stereocenters. The van der Waals surface area contributed by atoms with Crippen molar-refractivity contribution in [2.45, 2.75) is 0 Å². The van der Waals surface area contributed by atoms with E-state index in [-0.39, 0.29) is 12.3 Å². The van der Waals surface area contributed by atoms with Crippen molar-refractivity contribution >= 4 is 33.2 Å². The van der Waals surface area contributed by atoms with Gasteiger partial charge in [-0.2, -0.15) is 0 Å². The van der Waals surface area contributed by atoms with Gasteiger partial charge in [-0.15, -0.1) is 0 Å². The van der Waals surface area contributed by atoms with Crippen LogP contribution in [0.2, 0.25) is 0 Å². The van der Waals surface area contributed by atoms with Crippen molar-refractivity contribution in [2.24, 2.45) is 0 Å². The Morgan fingerprint density at radius 2 is 2.00 bits per heavy atom. The maximum atomic E-state index is 10.7. The SMILES string of the molecule is [2H]c1nc2c(Br)ccc(C=O)c2nc1[2H]. The third-order valence-corrected chi connectivity index (χ3v) is 2.29.